The number of ether oxygens (including phenoxy) is 2. The molecule has 0 aromatic heterocycles. The lowest BCUT2D eigenvalue weighted by atomic mass is 10.2. The molecule has 3 heteroatoms. The molecule has 0 bridgehead atoms. The van der Waals surface area contributed by atoms with E-state index in [1.807, 2.05) is 31.2 Å². The quantitative estimate of drug-likeness (QED) is 0.825. The molecule has 0 fully saturated rings. The van der Waals surface area contributed by atoms with Gasteiger partial charge in [0.25, 0.3) is 0 Å². The third-order valence-electron chi connectivity index (χ3n) is 2.51. The van der Waals surface area contributed by atoms with Crippen LogP contribution in [0.5, 0.6) is 11.5 Å². The van der Waals surface area contributed by atoms with Crippen LogP contribution in [-0.4, -0.2) is 24.9 Å². The van der Waals surface area contributed by atoms with Gasteiger partial charge in [-0.1, -0.05) is 25.1 Å². The molecule has 0 radical (unpaired) electrons. The van der Waals surface area contributed by atoms with Crippen molar-refractivity contribution >= 4 is 6.08 Å². The van der Waals surface area contributed by atoms with Crippen LogP contribution < -0.4 is 9.47 Å². The second kappa shape index (κ2) is 6.97. The molecule has 3 nitrogen and oxygen atoms in total. The van der Waals surface area contributed by atoms with Crippen molar-refractivity contribution in [3.63, 3.8) is 0 Å². The Balaban J connectivity index is 2.89. The Morgan fingerprint density at radius 1 is 1.35 bits per heavy atom. The molecule has 0 aliphatic rings. The van der Waals surface area contributed by atoms with Crippen molar-refractivity contribution in [2.24, 2.45) is 0 Å². The van der Waals surface area contributed by atoms with Crippen molar-refractivity contribution in [1.82, 2.24) is 0 Å². The van der Waals surface area contributed by atoms with E-state index in [-0.39, 0.29) is 12.7 Å². The summed E-state index contributed by atoms with van der Waals surface area (Å²) in [5.41, 5.74) is 0.979. The molecular weight excluding hydrogens is 216 g/mol. The highest BCUT2D eigenvalue weighted by atomic mass is 16.5. The first-order valence-electron chi connectivity index (χ1n) is 5.83. The molecule has 1 N–H and O–H groups in total. The van der Waals surface area contributed by atoms with Crippen molar-refractivity contribution in [3.8, 4) is 11.5 Å². The van der Waals surface area contributed by atoms with E-state index in [0.29, 0.717) is 5.75 Å². The van der Waals surface area contributed by atoms with E-state index < -0.39 is 0 Å². The predicted molar refractivity (Wildman–Crippen MR) is 69.5 cm³/mol. The minimum Gasteiger partial charge on any atom is -0.493 e. The molecule has 0 aliphatic carbocycles. The third-order valence-corrected chi connectivity index (χ3v) is 2.51. The largest absolute Gasteiger partial charge is 0.493 e. The van der Waals surface area contributed by atoms with Crippen LogP contribution >= 0.6 is 0 Å². The van der Waals surface area contributed by atoms with Crippen LogP contribution in [0.2, 0.25) is 0 Å². The first-order chi connectivity index (χ1) is 8.21. The van der Waals surface area contributed by atoms with Gasteiger partial charge in [0.15, 0.2) is 11.5 Å². The highest BCUT2D eigenvalue weighted by molar-refractivity contribution is 5.55. The first kappa shape index (κ1) is 13.6. The first-order valence-corrected chi connectivity index (χ1v) is 5.83. The normalized spacial score (nSPS) is 12.7. The molecule has 1 rings (SSSR count). The number of rotatable bonds is 6. The van der Waals surface area contributed by atoms with Gasteiger partial charge in [-0.25, -0.2) is 0 Å². The van der Waals surface area contributed by atoms with Gasteiger partial charge in [0.05, 0.1) is 19.8 Å². The summed E-state index contributed by atoms with van der Waals surface area (Å²) in [5, 5.41) is 8.72. The molecular formula is C14H20O3. The molecule has 94 valence electrons. The van der Waals surface area contributed by atoms with E-state index in [1.165, 1.54) is 0 Å². The molecule has 0 aliphatic heterocycles. The van der Waals surface area contributed by atoms with E-state index in [2.05, 4.69) is 6.92 Å². The molecule has 17 heavy (non-hydrogen) atoms. The van der Waals surface area contributed by atoms with Gasteiger partial charge in [-0.3, -0.25) is 0 Å². The van der Waals surface area contributed by atoms with Crippen LogP contribution in [0.4, 0.5) is 0 Å². The van der Waals surface area contributed by atoms with Crippen molar-refractivity contribution in [2.75, 3.05) is 13.7 Å². The Morgan fingerprint density at radius 2 is 2.12 bits per heavy atom. The zero-order chi connectivity index (χ0) is 12.7. The van der Waals surface area contributed by atoms with Crippen molar-refractivity contribution in [2.45, 2.75) is 26.4 Å². The van der Waals surface area contributed by atoms with E-state index in [0.717, 1.165) is 17.7 Å². The summed E-state index contributed by atoms with van der Waals surface area (Å²) >= 11 is 0. The number of aliphatic hydroxyl groups is 1. The average Bonchev–Trinajstić information content (AvgIpc) is 2.37. The molecule has 0 amide bonds. The molecule has 1 atom stereocenters. The lowest BCUT2D eigenvalue weighted by molar-refractivity contribution is 0.207. The summed E-state index contributed by atoms with van der Waals surface area (Å²) in [7, 11) is 1.62. The Labute approximate surface area is 103 Å². The van der Waals surface area contributed by atoms with E-state index in [1.54, 1.807) is 13.2 Å². The Kier molecular flexibility index (Phi) is 5.57. The Bertz CT molecular complexity index is 372. The molecule has 0 heterocycles. The van der Waals surface area contributed by atoms with Gasteiger partial charge in [0.2, 0.25) is 0 Å². The number of hydrogen-bond acceptors (Lipinski definition) is 3. The summed E-state index contributed by atoms with van der Waals surface area (Å²) in [6, 6.07) is 5.72. The fraction of sp³-hybridized carbons (Fsp3) is 0.429. The zero-order valence-electron chi connectivity index (χ0n) is 10.6. The number of hydrogen-bond donors (Lipinski definition) is 1. The Morgan fingerprint density at radius 3 is 2.71 bits per heavy atom. The second-order valence-corrected chi connectivity index (χ2v) is 3.83. The number of benzene rings is 1. The zero-order valence-corrected chi connectivity index (χ0v) is 10.6. The van der Waals surface area contributed by atoms with Crippen molar-refractivity contribution < 1.29 is 14.6 Å². The standard InChI is InChI=1S/C14H20O3/c1-4-11(2)17-13-8-7-12(6-5-9-15)10-14(13)16-3/h5-8,10-11,15H,4,9H2,1-3H3/b6-5+. The molecule has 1 aromatic carbocycles. The van der Waals surface area contributed by atoms with Crippen LogP contribution in [0.3, 0.4) is 0 Å². The van der Waals surface area contributed by atoms with Gasteiger partial charge in [0.1, 0.15) is 0 Å². The van der Waals surface area contributed by atoms with Crippen LogP contribution in [0.1, 0.15) is 25.8 Å². The van der Waals surface area contributed by atoms with Gasteiger partial charge in [-0.05, 0) is 31.0 Å². The van der Waals surface area contributed by atoms with Gasteiger partial charge < -0.3 is 14.6 Å². The molecule has 0 saturated heterocycles. The highest BCUT2D eigenvalue weighted by Crippen LogP contribution is 2.29. The smallest absolute Gasteiger partial charge is 0.161 e. The maximum atomic E-state index is 8.72. The monoisotopic (exact) mass is 236 g/mol. The summed E-state index contributed by atoms with van der Waals surface area (Å²) in [6.07, 6.45) is 4.65. The fourth-order valence-electron chi connectivity index (χ4n) is 1.37. The van der Waals surface area contributed by atoms with Crippen molar-refractivity contribution in [3.05, 3.63) is 29.8 Å². The van der Waals surface area contributed by atoms with Gasteiger partial charge in [-0.15, -0.1) is 0 Å². The van der Waals surface area contributed by atoms with Gasteiger partial charge in [-0.2, -0.15) is 0 Å². The molecule has 0 spiro atoms. The van der Waals surface area contributed by atoms with Crippen LogP contribution in [0.25, 0.3) is 6.08 Å². The maximum absolute atomic E-state index is 8.72. The summed E-state index contributed by atoms with van der Waals surface area (Å²) in [4.78, 5) is 0. The van der Waals surface area contributed by atoms with E-state index in [9.17, 15) is 0 Å². The third kappa shape index (κ3) is 4.11. The SMILES string of the molecule is CCC(C)Oc1ccc(/C=C/CO)cc1OC. The summed E-state index contributed by atoms with van der Waals surface area (Å²) < 4.78 is 11.0. The van der Waals surface area contributed by atoms with Crippen LogP contribution in [0.15, 0.2) is 24.3 Å². The van der Waals surface area contributed by atoms with E-state index >= 15 is 0 Å². The second-order valence-electron chi connectivity index (χ2n) is 3.83. The molecule has 1 unspecified atom stereocenters. The van der Waals surface area contributed by atoms with Crippen LogP contribution in [0, 0.1) is 0 Å². The topological polar surface area (TPSA) is 38.7 Å². The maximum Gasteiger partial charge on any atom is 0.161 e. The van der Waals surface area contributed by atoms with Crippen molar-refractivity contribution in [1.29, 1.82) is 0 Å². The van der Waals surface area contributed by atoms with E-state index in [4.69, 9.17) is 14.6 Å². The number of aliphatic hydroxyl groups excluding tert-OH is 1. The molecule has 1 aromatic rings. The average molecular weight is 236 g/mol. The minimum absolute atomic E-state index is 0.0352. The molecule has 0 saturated carbocycles. The lowest BCUT2D eigenvalue weighted by Crippen LogP contribution is -2.10. The fourth-order valence-corrected chi connectivity index (χ4v) is 1.37. The minimum atomic E-state index is 0.0352. The Hall–Kier alpha value is -1.48. The van der Waals surface area contributed by atoms with Gasteiger partial charge in [0, 0.05) is 0 Å². The summed E-state index contributed by atoms with van der Waals surface area (Å²) in [6.45, 7) is 4.14. The highest BCUT2D eigenvalue weighted by Gasteiger charge is 2.07. The lowest BCUT2D eigenvalue weighted by Gasteiger charge is -2.15. The van der Waals surface area contributed by atoms with Gasteiger partial charge >= 0.3 is 0 Å². The van der Waals surface area contributed by atoms with Crippen LogP contribution in [-0.2, 0) is 0 Å². The number of methoxy groups -OCH3 is 1. The predicted octanol–water partition coefficient (Wildman–Crippen LogP) is 2.88. The summed E-state index contributed by atoms with van der Waals surface area (Å²) in [5.74, 6) is 1.47.